The van der Waals surface area contributed by atoms with Crippen LogP contribution in [-0.2, 0) is 23.8 Å². The number of carbonyl (C=O) groups excluding carboxylic acids is 2. The highest BCUT2D eigenvalue weighted by Crippen LogP contribution is 2.43. The molecule has 0 unspecified atom stereocenters. The summed E-state index contributed by atoms with van der Waals surface area (Å²) < 4.78 is 16.0. The van der Waals surface area contributed by atoms with Crippen molar-refractivity contribution < 1.29 is 23.8 Å². The summed E-state index contributed by atoms with van der Waals surface area (Å²) >= 11 is 12.3. The van der Waals surface area contributed by atoms with Crippen LogP contribution in [0.15, 0.2) is 83.5 Å². The van der Waals surface area contributed by atoms with Crippen molar-refractivity contribution in [3.8, 4) is 0 Å². The number of methoxy groups -OCH3 is 2. The molecule has 2 aliphatic rings. The second kappa shape index (κ2) is 11.1. The van der Waals surface area contributed by atoms with Crippen molar-refractivity contribution in [2.24, 2.45) is 11.8 Å². The number of hydrogen-bond donors (Lipinski definition) is 0. The van der Waals surface area contributed by atoms with E-state index < -0.39 is 18.0 Å². The van der Waals surface area contributed by atoms with Crippen LogP contribution < -0.4 is 0 Å². The van der Waals surface area contributed by atoms with Gasteiger partial charge in [-0.05, 0) is 41.0 Å². The second-order valence-corrected chi connectivity index (χ2v) is 9.05. The van der Waals surface area contributed by atoms with Gasteiger partial charge in [-0.1, -0.05) is 77.8 Å². The molecule has 1 aliphatic carbocycles. The van der Waals surface area contributed by atoms with E-state index in [1.54, 1.807) is 0 Å². The first-order valence-corrected chi connectivity index (χ1v) is 11.8. The summed E-state index contributed by atoms with van der Waals surface area (Å²) in [6, 6.07) is 15.1. The van der Waals surface area contributed by atoms with Gasteiger partial charge in [-0.2, -0.15) is 0 Å². The number of halogens is 2. The molecule has 2 aromatic carbocycles. The number of benzene rings is 2. The number of esters is 2. The Labute approximate surface area is 214 Å². The van der Waals surface area contributed by atoms with Crippen LogP contribution in [0.5, 0.6) is 0 Å². The molecule has 3 atom stereocenters. The van der Waals surface area contributed by atoms with Crippen molar-refractivity contribution in [3.05, 3.63) is 105 Å². The van der Waals surface area contributed by atoms with E-state index in [2.05, 4.69) is 0 Å². The predicted octanol–water partition coefficient (Wildman–Crippen LogP) is 5.93. The third-order valence-corrected chi connectivity index (χ3v) is 6.48. The molecule has 0 spiro atoms. The van der Waals surface area contributed by atoms with E-state index in [0.717, 1.165) is 11.1 Å². The van der Waals surface area contributed by atoms with Gasteiger partial charge in [0.15, 0.2) is 0 Å². The Bertz CT molecular complexity index is 1260. The zero-order valence-corrected chi connectivity index (χ0v) is 20.8. The minimum atomic E-state index is -0.617. The van der Waals surface area contributed by atoms with E-state index in [9.17, 15) is 9.59 Å². The van der Waals surface area contributed by atoms with Crippen LogP contribution in [-0.4, -0.2) is 38.9 Å². The zero-order valence-electron chi connectivity index (χ0n) is 19.2. The molecular formula is C28H24Cl2O5. The van der Waals surface area contributed by atoms with E-state index >= 15 is 0 Å². The standard InChI is InChI=1S/C28H24Cl2O5/c1-33-27(31)24-16-35-26-22(12-10-18-6-4-8-21(30)14-18)19(15-23(26)25(24)28(32)34-2)11-9-17-5-3-7-20(29)13-17/h3-15,19,22,26H,16H2,1-2H3/b11-9+,12-10+/t19-,22+,26-/m1/s1. The van der Waals surface area contributed by atoms with E-state index in [1.165, 1.54) is 14.2 Å². The highest BCUT2D eigenvalue weighted by molar-refractivity contribution is 6.31. The number of allylic oxidation sites excluding steroid dienone is 2. The molecule has 4 rings (SSSR count). The topological polar surface area (TPSA) is 61.8 Å². The maximum absolute atomic E-state index is 12.7. The van der Waals surface area contributed by atoms with Gasteiger partial charge in [-0.3, -0.25) is 0 Å². The Balaban J connectivity index is 1.75. The molecular weight excluding hydrogens is 487 g/mol. The van der Waals surface area contributed by atoms with Crippen LogP contribution in [0.2, 0.25) is 10.0 Å². The first-order valence-electron chi connectivity index (χ1n) is 11.0. The fourth-order valence-corrected chi connectivity index (χ4v) is 4.77. The second-order valence-electron chi connectivity index (χ2n) is 8.17. The van der Waals surface area contributed by atoms with Gasteiger partial charge in [0.05, 0.1) is 38.1 Å². The lowest BCUT2D eigenvalue weighted by Gasteiger charge is -2.29. The Morgan fingerprint density at radius 2 is 1.51 bits per heavy atom. The van der Waals surface area contributed by atoms with Gasteiger partial charge in [0.2, 0.25) is 0 Å². The van der Waals surface area contributed by atoms with Gasteiger partial charge in [0, 0.05) is 21.9 Å². The summed E-state index contributed by atoms with van der Waals surface area (Å²) in [7, 11) is 2.56. The normalized spacial score (nSPS) is 21.8. The van der Waals surface area contributed by atoms with Crippen molar-refractivity contribution in [2.45, 2.75) is 6.10 Å². The fraction of sp³-hybridized carbons (Fsp3) is 0.214. The Morgan fingerprint density at radius 1 is 0.914 bits per heavy atom. The number of hydrogen-bond acceptors (Lipinski definition) is 5. The molecule has 0 N–H and O–H groups in total. The minimum absolute atomic E-state index is 0.0503. The molecule has 180 valence electrons. The largest absolute Gasteiger partial charge is 0.466 e. The van der Waals surface area contributed by atoms with Crippen LogP contribution in [0.4, 0.5) is 0 Å². The molecule has 0 fully saturated rings. The maximum Gasteiger partial charge on any atom is 0.338 e. The molecule has 2 aromatic rings. The molecule has 7 heteroatoms. The van der Waals surface area contributed by atoms with Crippen molar-refractivity contribution in [2.75, 3.05) is 20.8 Å². The highest BCUT2D eigenvalue weighted by Gasteiger charge is 2.43. The average molecular weight is 511 g/mol. The van der Waals surface area contributed by atoms with Gasteiger partial charge in [0.25, 0.3) is 0 Å². The van der Waals surface area contributed by atoms with E-state index in [0.29, 0.717) is 15.6 Å². The Morgan fingerprint density at radius 3 is 2.09 bits per heavy atom. The third-order valence-electron chi connectivity index (χ3n) is 6.01. The van der Waals surface area contributed by atoms with Gasteiger partial charge >= 0.3 is 11.9 Å². The quantitative estimate of drug-likeness (QED) is 0.450. The van der Waals surface area contributed by atoms with Crippen LogP contribution in [0.25, 0.3) is 12.2 Å². The van der Waals surface area contributed by atoms with Crippen LogP contribution in [0.3, 0.4) is 0 Å². The van der Waals surface area contributed by atoms with Gasteiger partial charge < -0.3 is 14.2 Å². The van der Waals surface area contributed by atoms with Crippen molar-refractivity contribution in [3.63, 3.8) is 0 Å². The molecule has 0 radical (unpaired) electrons. The third kappa shape index (κ3) is 5.59. The molecule has 0 amide bonds. The lowest BCUT2D eigenvalue weighted by atomic mass is 9.88. The van der Waals surface area contributed by atoms with E-state index in [1.807, 2.05) is 78.9 Å². The molecule has 0 saturated carbocycles. The van der Waals surface area contributed by atoms with Crippen molar-refractivity contribution in [1.82, 2.24) is 0 Å². The monoisotopic (exact) mass is 510 g/mol. The lowest BCUT2D eigenvalue weighted by molar-refractivity contribution is -0.140. The zero-order chi connectivity index (χ0) is 24.9. The smallest absolute Gasteiger partial charge is 0.338 e. The summed E-state index contributed by atoms with van der Waals surface area (Å²) in [6.07, 6.45) is 9.56. The number of carbonyl (C=O) groups is 2. The van der Waals surface area contributed by atoms with Crippen LogP contribution >= 0.6 is 23.2 Å². The summed E-state index contributed by atoms with van der Waals surface area (Å²) in [4.78, 5) is 25.1. The first kappa shape index (κ1) is 25.0. The summed E-state index contributed by atoms with van der Waals surface area (Å²) in [6.45, 7) is -0.0503. The minimum Gasteiger partial charge on any atom is -0.466 e. The van der Waals surface area contributed by atoms with Gasteiger partial charge in [-0.25, -0.2) is 9.59 Å². The van der Waals surface area contributed by atoms with Crippen LogP contribution in [0, 0.1) is 11.8 Å². The average Bonchev–Trinajstić information content (AvgIpc) is 3.22. The number of fused-ring (bicyclic) bond motifs is 1. The molecule has 0 bridgehead atoms. The number of rotatable bonds is 6. The lowest BCUT2D eigenvalue weighted by Crippen LogP contribution is -2.34. The fourth-order valence-electron chi connectivity index (χ4n) is 4.37. The first-order chi connectivity index (χ1) is 16.9. The SMILES string of the molecule is COC(=O)C1=C(C(=O)OC)C2=C[C@@H](/C=C/c3cccc(Cl)c3)[C@H](/C=C/c3cccc(Cl)c3)[C@H]2OC1. The Hall–Kier alpha value is -3.12. The number of ether oxygens (including phenoxy) is 3. The molecule has 0 aromatic heterocycles. The highest BCUT2D eigenvalue weighted by atomic mass is 35.5. The molecule has 35 heavy (non-hydrogen) atoms. The summed E-state index contributed by atoms with van der Waals surface area (Å²) in [5, 5.41) is 1.28. The Kier molecular flexibility index (Phi) is 7.91. The summed E-state index contributed by atoms with van der Waals surface area (Å²) in [5.41, 5.74) is 2.86. The molecule has 1 heterocycles. The molecule has 0 saturated heterocycles. The van der Waals surface area contributed by atoms with Gasteiger partial charge in [-0.15, -0.1) is 0 Å². The van der Waals surface area contributed by atoms with E-state index in [4.69, 9.17) is 37.4 Å². The van der Waals surface area contributed by atoms with Gasteiger partial charge in [0.1, 0.15) is 0 Å². The van der Waals surface area contributed by atoms with Crippen molar-refractivity contribution >= 4 is 47.3 Å². The molecule has 1 aliphatic heterocycles. The molecule has 5 nitrogen and oxygen atoms in total. The summed E-state index contributed by atoms with van der Waals surface area (Å²) in [5.74, 6) is -1.48. The van der Waals surface area contributed by atoms with Crippen LogP contribution in [0.1, 0.15) is 11.1 Å². The van der Waals surface area contributed by atoms with E-state index in [-0.39, 0.29) is 29.6 Å². The maximum atomic E-state index is 12.7. The predicted molar refractivity (Wildman–Crippen MR) is 137 cm³/mol. The van der Waals surface area contributed by atoms with Crippen molar-refractivity contribution in [1.29, 1.82) is 0 Å².